The first-order chi connectivity index (χ1) is 12.2. The van der Waals surface area contributed by atoms with E-state index in [0.717, 1.165) is 23.3 Å². The van der Waals surface area contributed by atoms with Crippen LogP contribution in [0.3, 0.4) is 0 Å². The van der Waals surface area contributed by atoms with Crippen molar-refractivity contribution < 1.29 is 18.0 Å². The second kappa shape index (κ2) is 8.18. The monoisotopic (exact) mass is 359 g/mol. The van der Waals surface area contributed by atoms with Gasteiger partial charge in [-0.1, -0.05) is 43.3 Å². The van der Waals surface area contributed by atoms with Crippen LogP contribution in [0.4, 0.5) is 13.2 Å². The van der Waals surface area contributed by atoms with Crippen molar-refractivity contribution in [3.05, 3.63) is 59.7 Å². The predicted octanol–water partition coefficient (Wildman–Crippen LogP) is 5.98. The summed E-state index contributed by atoms with van der Waals surface area (Å²) in [5.41, 5.74) is 1.91. The zero-order valence-corrected chi connectivity index (χ0v) is 14.7. The molecule has 136 valence electrons. The summed E-state index contributed by atoms with van der Waals surface area (Å²) < 4.78 is 38.0. The molecule has 0 aliphatic rings. The molecule has 0 saturated carbocycles. The number of alkyl halides is 3. The molecule has 26 heavy (non-hydrogen) atoms. The van der Waals surface area contributed by atoms with Gasteiger partial charge >= 0.3 is 6.18 Å². The van der Waals surface area contributed by atoms with Crippen LogP contribution in [0.25, 0.3) is 11.1 Å². The van der Waals surface area contributed by atoms with Gasteiger partial charge in [-0.2, -0.15) is 18.4 Å². The Kier molecular flexibility index (Phi) is 6.20. The fourth-order valence-electron chi connectivity index (χ4n) is 2.82. The van der Waals surface area contributed by atoms with Crippen LogP contribution in [0.2, 0.25) is 0 Å². The number of nitrogens with zero attached hydrogens (tertiary/aromatic N) is 1. The maximum absolute atomic E-state index is 12.7. The van der Waals surface area contributed by atoms with E-state index in [4.69, 9.17) is 5.26 Å². The predicted molar refractivity (Wildman–Crippen MR) is 94.3 cm³/mol. The Morgan fingerprint density at radius 3 is 2.27 bits per heavy atom. The second-order valence-corrected chi connectivity index (χ2v) is 6.47. The number of hydrogen-bond donors (Lipinski definition) is 0. The van der Waals surface area contributed by atoms with Gasteiger partial charge in [0.2, 0.25) is 0 Å². The molecule has 0 saturated heterocycles. The Morgan fingerprint density at radius 2 is 1.73 bits per heavy atom. The molecule has 0 aliphatic carbocycles. The average molecular weight is 359 g/mol. The number of nitriles is 1. The SMILES string of the molecule is CC(=O)C(C#N)CCC(C)c1cccc(-c2ccc(C(F)(F)F)cc2)c1. The number of carbonyl (C=O) groups excluding carboxylic acids is 1. The Bertz CT molecular complexity index is 803. The van der Waals surface area contributed by atoms with Gasteiger partial charge in [-0.3, -0.25) is 4.79 Å². The molecule has 0 aliphatic heterocycles. The van der Waals surface area contributed by atoms with E-state index in [1.807, 2.05) is 37.3 Å². The minimum Gasteiger partial charge on any atom is -0.299 e. The van der Waals surface area contributed by atoms with Gasteiger partial charge in [-0.25, -0.2) is 0 Å². The van der Waals surface area contributed by atoms with E-state index in [1.54, 1.807) is 0 Å². The number of carbonyl (C=O) groups is 1. The number of rotatable bonds is 6. The Morgan fingerprint density at radius 1 is 1.08 bits per heavy atom. The van der Waals surface area contributed by atoms with Crippen LogP contribution in [0.5, 0.6) is 0 Å². The highest BCUT2D eigenvalue weighted by Gasteiger charge is 2.30. The van der Waals surface area contributed by atoms with Gasteiger partial charge in [0.05, 0.1) is 11.6 Å². The largest absolute Gasteiger partial charge is 0.416 e. The summed E-state index contributed by atoms with van der Waals surface area (Å²) in [7, 11) is 0. The molecule has 2 aromatic carbocycles. The minimum atomic E-state index is -4.34. The van der Waals surface area contributed by atoms with Crippen molar-refractivity contribution >= 4 is 5.78 Å². The number of Topliss-reactive ketones (excluding diaryl/α,β-unsaturated/α-hetero) is 1. The van der Waals surface area contributed by atoms with Crippen LogP contribution in [-0.4, -0.2) is 5.78 Å². The summed E-state index contributed by atoms with van der Waals surface area (Å²) in [5, 5.41) is 9.00. The minimum absolute atomic E-state index is 0.127. The smallest absolute Gasteiger partial charge is 0.299 e. The highest BCUT2D eigenvalue weighted by atomic mass is 19.4. The highest BCUT2D eigenvalue weighted by Crippen LogP contribution is 2.32. The van der Waals surface area contributed by atoms with E-state index in [0.29, 0.717) is 18.4 Å². The van der Waals surface area contributed by atoms with E-state index >= 15 is 0 Å². The van der Waals surface area contributed by atoms with Crippen molar-refractivity contribution in [1.29, 1.82) is 5.26 Å². The zero-order valence-electron chi connectivity index (χ0n) is 14.7. The molecule has 2 atom stereocenters. The lowest BCUT2D eigenvalue weighted by atomic mass is 9.89. The van der Waals surface area contributed by atoms with Gasteiger partial charge in [0.15, 0.2) is 0 Å². The van der Waals surface area contributed by atoms with E-state index in [2.05, 4.69) is 0 Å². The first kappa shape index (κ1) is 19.7. The second-order valence-electron chi connectivity index (χ2n) is 6.47. The van der Waals surface area contributed by atoms with E-state index in [1.165, 1.54) is 19.1 Å². The van der Waals surface area contributed by atoms with Gasteiger partial charge in [0.25, 0.3) is 0 Å². The maximum Gasteiger partial charge on any atom is 0.416 e. The molecule has 2 nitrogen and oxygen atoms in total. The van der Waals surface area contributed by atoms with Gasteiger partial charge < -0.3 is 0 Å². The fraction of sp³-hybridized carbons (Fsp3) is 0.333. The molecule has 0 amide bonds. The molecule has 0 fully saturated rings. The van der Waals surface area contributed by atoms with Crippen molar-refractivity contribution in [2.45, 2.75) is 38.8 Å². The lowest BCUT2D eigenvalue weighted by molar-refractivity contribution is -0.137. The van der Waals surface area contributed by atoms with Crippen LogP contribution >= 0.6 is 0 Å². The molecule has 0 aromatic heterocycles. The summed E-state index contributed by atoms with van der Waals surface area (Å²) in [6, 6.07) is 14.7. The summed E-state index contributed by atoms with van der Waals surface area (Å²) in [6.45, 7) is 3.43. The van der Waals surface area contributed by atoms with Gasteiger partial charge in [-0.15, -0.1) is 0 Å². The average Bonchev–Trinajstić information content (AvgIpc) is 2.61. The summed E-state index contributed by atoms with van der Waals surface area (Å²) >= 11 is 0. The quantitative estimate of drug-likeness (QED) is 0.636. The van der Waals surface area contributed by atoms with Crippen molar-refractivity contribution in [2.24, 2.45) is 5.92 Å². The number of halogens is 3. The summed E-state index contributed by atoms with van der Waals surface area (Å²) in [4.78, 5) is 11.4. The molecular weight excluding hydrogens is 339 g/mol. The Hall–Kier alpha value is -2.61. The third kappa shape index (κ3) is 4.95. The molecule has 2 unspecified atom stereocenters. The first-order valence-corrected chi connectivity index (χ1v) is 8.40. The topological polar surface area (TPSA) is 40.9 Å². The normalized spacial score (nSPS) is 13.7. The maximum atomic E-state index is 12.7. The van der Waals surface area contributed by atoms with Crippen LogP contribution in [0.15, 0.2) is 48.5 Å². The number of benzene rings is 2. The van der Waals surface area contributed by atoms with Gasteiger partial charge in [0.1, 0.15) is 11.7 Å². The van der Waals surface area contributed by atoms with Crippen molar-refractivity contribution in [3.8, 4) is 17.2 Å². The first-order valence-electron chi connectivity index (χ1n) is 8.40. The lowest BCUT2D eigenvalue weighted by Crippen LogP contribution is -2.09. The third-order valence-electron chi connectivity index (χ3n) is 4.54. The Labute approximate surface area is 151 Å². The van der Waals surface area contributed by atoms with Crippen LogP contribution in [-0.2, 0) is 11.0 Å². The molecule has 2 rings (SSSR count). The number of ketones is 1. The van der Waals surface area contributed by atoms with Crippen LogP contribution in [0, 0.1) is 17.2 Å². The number of hydrogen-bond acceptors (Lipinski definition) is 2. The van der Waals surface area contributed by atoms with Crippen LogP contribution < -0.4 is 0 Å². The lowest BCUT2D eigenvalue weighted by Gasteiger charge is -2.15. The van der Waals surface area contributed by atoms with Crippen LogP contribution in [0.1, 0.15) is 43.7 Å². The molecule has 0 spiro atoms. The van der Waals surface area contributed by atoms with E-state index in [-0.39, 0.29) is 11.7 Å². The summed E-state index contributed by atoms with van der Waals surface area (Å²) in [6.07, 6.45) is -3.16. The molecule has 0 N–H and O–H groups in total. The Balaban J connectivity index is 2.14. The van der Waals surface area contributed by atoms with E-state index in [9.17, 15) is 18.0 Å². The van der Waals surface area contributed by atoms with Crippen molar-refractivity contribution in [2.75, 3.05) is 0 Å². The molecule has 0 heterocycles. The van der Waals surface area contributed by atoms with Gasteiger partial charge in [0, 0.05) is 0 Å². The zero-order chi connectivity index (χ0) is 19.3. The van der Waals surface area contributed by atoms with Crippen molar-refractivity contribution in [1.82, 2.24) is 0 Å². The molecule has 2 aromatic rings. The van der Waals surface area contributed by atoms with Gasteiger partial charge in [-0.05, 0) is 54.5 Å². The standard InChI is InChI=1S/C21H20F3NO/c1-14(6-7-19(13-25)15(2)26)17-4-3-5-18(12-17)16-8-10-20(11-9-16)21(22,23)24/h3-5,8-12,14,19H,6-7H2,1-2H3. The fourth-order valence-corrected chi connectivity index (χ4v) is 2.82. The third-order valence-corrected chi connectivity index (χ3v) is 4.54. The molecule has 0 bridgehead atoms. The molecule has 0 radical (unpaired) electrons. The molecular formula is C21H20F3NO. The summed E-state index contributed by atoms with van der Waals surface area (Å²) in [5.74, 6) is -0.576. The van der Waals surface area contributed by atoms with E-state index < -0.39 is 17.7 Å². The molecule has 5 heteroatoms. The highest BCUT2D eigenvalue weighted by molar-refractivity contribution is 5.80. The van der Waals surface area contributed by atoms with Crippen molar-refractivity contribution in [3.63, 3.8) is 0 Å².